The summed E-state index contributed by atoms with van der Waals surface area (Å²) in [4.78, 5) is 16.4. The van der Waals surface area contributed by atoms with Crippen LogP contribution in [0.5, 0.6) is 0 Å². The van der Waals surface area contributed by atoms with Gasteiger partial charge in [-0.2, -0.15) is 9.61 Å². The first-order valence-corrected chi connectivity index (χ1v) is 23.0. The molecular formula is C28H47N7O2SSi2. The third-order valence-corrected chi connectivity index (χ3v) is 11.1. The highest BCUT2D eigenvalue weighted by atomic mass is 32.2. The van der Waals surface area contributed by atoms with Gasteiger partial charge < -0.3 is 19.7 Å². The molecule has 4 rings (SSSR count). The maximum Gasteiger partial charge on any atom is 0.187 e. The molecule has 1 saturated heterocycles. The number of nitrogens with one attached hydrogen (secondary N) is 1. The SMILES string of the molecule is CSc1ncc(-c2cnn3c(N(COCC[Si](C)(C)C)COCC[Si](C)(C)C)cc(C4CCCNC4)nc23)cn1. The number of hydrogen-bond donors (Lipinski definition) is 1. The van der Waals surface area contributed by atoms with Crippen LogP contribution in [-0.4, -0.2) is 86.7 Å². The molecule has 9 nitrogen and oxygen atoms in total. The van der Waals surface area contributed by atoms with E-state index >= 15 is 0 Å². The van der Waals surface area contributed by atoms with Crippen molar-refractivity contribution in [2.24, 2.45) is 0 Å². The topological polar surface area (TPSA) is 89.7 Å². The van der Waals surface area contributed by atoms with Crippen molar-refractivity contribution in [3.05, 3.63) is 30.4 Å². The lowest BCUT2D eigenvalue weighted by molar-refractivity contribution is 0.0942. The quantitative estimate of drug-likeness (QED) is 0.0809. The fourth-order valence-electron chi connectivity index (χ4n) is 4.54. The summed E-state index contributed by atoms with van der Waals surface area (Å²) in [6.07, 6.45) is 9.85. The fraction of sp³-hybridized carbons (Fsp3) is 0.643. The van der Waals surface area contributed by atoms with Gasteiger partial charge in [-0.25, -0.2) is 15.0 Å². The Bertz CT molecular complexity index is 1200. The van der Waals surface area contributed by atoms with Gasteiger partial charge >= 0.3 is 0 Å². The molecule has 0 saturated carbocycles. The Kier molecular flexibility index (Phi) is 10.8. The van der Waals surface area contributed by atoms with Crippen LogP contribution in [0.2, 0.25) is 51.4 Å². The molecule has 1 unspecified atom stereocenters. The normalized spacial score (nSPS) is 16.5. The van der Waals surface area contributed by atoms with Crippen molar-refractivity contribution in [3.8, 4) is 11.1 Å². The monoisotopic (exact) mass is 601 g/mol. The van der Waals surface area contributed by atoms with E-state index in [2.05, 4.69) is 65.5 Å². The van der Waals surface area contributed by atoms with Crippen LogP contribution in [0.25, 0.3) is 16.8 Å². The average Bonchev–Trinajstić information content (AvgIpc) is 3.35. The fourth-order valence-corrected chi connectivity index (χ4v) is 6.37. The minimum absolute atomic E-state index is 0.345. The van der Waals surface area contributed by atoms with E-state index in [0.29, 0.717) is 19.4 Å². The number of aromatic nitrogens is 5. The van der Waals surface area contributed by atoms with E-state index in [0.717, 1.165) is 84.7 Å². The zero-order valence-corrected chi connectivity index (χ0v) is 28.2. The minimum Gasteiger partial charge on any atom is -0.361 e. The number of fused-ring (bicyclic) bond motifs is 1. The van der Waals surface area contributed by atoms with Crippen molar-refractivity contribution in [2.75, 3.05) is 50.9 Å². The molecule has 0 aromatic carbocycles. The van der Waals surface area contributed by atoms with Crippen LogP contribution in [0.4, 0.5) is 5.82 Å². The Hall–Kier alpha value is -1.84. The van der Waals surface area contributed by atoms with Gasteiger partial charge in [0.2, 0.25) is 0 Å². The van der Waals surface area contributed by atoms with Gasteiger partial charge in [0.05, 0.1) is 11.9 Å². The van der Waals surface area contributed by atoms with Gasteiger partial charge in [-0.3, -0.25) is 0 Å². The Labute approximate surface area is 245 Å². The molecule has 0 amide bonds. The molecule has 0 spiro atoms. The molecule has 12 heteroatoms. The second kappa shape index (κ2) is 13.9. The first kappa shape index (κ1) is 31.1. The number of hydrogen-bond acceptors (Lipinski definition) is 9. The molecule has 1 fully saturated rings. The summed E-state index contributed by atoms with van der Waals surface area (Å²) in [6.45, 7) is 18.7. The highest BCUT2D eigenvalue weighted by molar-refractivity contribution is 7.98. The summed E-state index contributed by atoms with van der Waals surface area (Å²) in [5.41, 5.74) is 3.73. The smallest absolute Gasteiger partial charge is 0.187 e. The lowest BCUT2D eigenvalue weighted by Gasteiger charge is -2.28. The Balaban J connectivity index is 1.70. The zero-order chi connectivity index (χ0) is 28.8. The molecule has 0 bridgehead atoms. The molecule has 1 aliphatic rings. The molecule has 1 aliphatic heterocycles. The molecule has 1 N–H and O–H groups in total. The molecule has 40 heavy (non-hydrogen) atoms. The van der Waals surface area contributed by atoms with E-state index in [1.807, 2.05) is 29.4 Å². The van der Waals surface area contributed by atoms with Gasteiger partial charge in [-0.15, -0.1) is 0 Å². The van der Waals surface area contributed by atoms with Crippen molar-refractivity contribution in [1.29, 1.82) is 0 Å². The average molecular weight is 602 g/mol. The Morgan fingerprint density at radius 2 is 1.65 bits per heavy atom. The first-order valence-electron chi connectivity index (χ1n) is 14.4. The highest BCUT2D eigenvalue weighted by Gasteiger charge is 2.24. The molecule has 0 radical (unpaired) electrons. The number of nitrogens with zero attached hydrogens (tertiary/aromatic N) is 6. The summed E-state index contributed by atoms with van der Waals surface area (Å²) >= 11 is 1.53. The van der Waals surface area contributed by atoms with Crippen molar-refractivity contribution < 1.29 is 9.47 Å². The van der Waals surface area contributed by atoms with E-state index in [1.165, 1.54) is 11.8 Å². The highest BCUT2D eigenvalue weighted by Crippen LogP contribution is 2.31. The molecular weight excluding hydrogens is 555 g/mol. The zero-order valence-electron chi connectivity index (χ0n) is 25.4. The molecule has 3 aromatic heterocycles. The lowest BCUT2D eigenvalue weighted by Crippen LogP contribution is -2.34. The van der Waals surface area contributed by atoms with Gasteiger partial charge in [0.25, 0.3) is 0 Å². The predicted molar refractivity (Wildman–Crippen MR) is 171 cm³/mol. The number of thioether (sulfide) groups is 1. The number of piperidine rings is 1. The molecule has 220 valence electrons. The van der Waals surface area contributed by atoms with Crippen LogP contribution in [0.3, 0.4) is 0 Å². The van der Waals surface area contributed by atoms with E-state index in [1.54, 1.807) is 0 Å². The predicted octanol–water partition coefficient (Wildman–Crippen LogP) is 5.81. The van der Waals surface area contributed by atoms with Crippen LogP contribution in [0.1, 0.15) is 24.5 Å². The first-order chi connectivity index (χ1) is 19.0. The van der Waals surface area contributed by atoms with Gasteiger partial charge in [-0.05, 0) is 37.7 Å². The largest absolute Gasteiger partial charge is 0.361 e. The minimum atomic E-state index is -1.20. The van der Waals surface area contributed by atoms with E-state index < -0.39 is 16.1 Å². The van der Waals surface area contributed by atoms with Crippen LogP contribution in [0, 0.1) is 0 Å². The van der Waals surface area contributed by atoms with Crippen molar-refractivity contribution >= 4 is 39.4 Å². The van der Waals surface area contributed by atoms with E-state index in [4.69, 9.17) is 19.6 Å². The van der Waals surface area contributed by atoms with Crippen molar-refractivity contribution in [3.63, 3.8) is 0 Å². The van der Waals surface area contributed by atoms with Crippen molar-refractivity contribution in [2.45, 2.75) is 75.3 Å². The third-order valence-electron chi connectivity index (χ3n) is 7.12. The number of anilines is 1. The summed E-state index contributed by atoms with van der Waals surface area (Å²) in [6, 6.07) is 4.44. The Morgan fingerprint density at radius 1 is 1.00 bits per heavy atom. The summed E-state index contributed by atoms with van der Waals surface area (Å²) in [5, 5.41) is 9.12. The standard InChI is InChI=1S/C28H47N7O2SSi2/c1-38-28-30-17-23(18-31-28)24-19-32-35-26(15-25(33-27(24)35)22-9-8-10-29-16-22)34(20-36-11-13-39(2,3)4)21-37-12-14-40(5,6)7/h15,17-19,22,29H,8-14,16,20-21H2,1-7H3. The summed E-state index contributed by atoms with van der Waals surface area (Å²) < 4.78 is 14.5. The number of ether oxygens (including phenoxy) is 2. The van der Waals surface area contributed by atoms with E-state index in [-0.39, 0.29) is 0 Å². The van der Waals surface area contributed by atoms with Gasteiger partial charge in [-0.1, -0.05) is 51.0 Å². The van der Waals surface area contributed by atoms with Crippen LogP contribution in [-0.2, 0) is 9.47 Å². The van der Waals surface area contributed by atoms with Crippen LogP contribution < -0.4 is 10.2 Å². The van der Waals surface area contributed by atoms with Gasteiger partial charge in [0.1, 0.15) is 19.3 Å². The van der Waals surface area contributed by atoms with E-state index in [9.17, 15) is 0 Å². The second-order valence-corrected chi connectivity index (χ2v) is 25.1. The lowest BCUT2D eigenvalue weighted by atomic mass is 9.96. The Morgan fingerprint density at radius 3 is 2.20 bits per heavy atom. The maximum atomic E-state index is 6.27. The van der Waals surface area contributed by atoms with Crippen molar-refractivity contribution in [1.82, 2.24) is 29.9 Å². The van der Waals surface area contributed by atoms with Gasteiger partial charge in [0, 0.05) is 71.4 Å². The third kappa shape index (κ3) is 8.83. The second-order valence-electron chi connectivity index (χ2n) is 13.1. The number of rotatable bonds is 14. The molecule has 4 heterocycles. The van der Waals surface area contributed by atoms with Crippen LogP contribution >= 0.6 is 11.8 Å². The maximum absolute atomic E-state index is 6.27. The van der Waals surface area contributed by atoms with Crippen LogP contribution in [0.15, 0.2) is 29.8 Å². The molecule has 3 aromatic rings. The summed E-state index contributed by atoms with van der Waals surface area (Å²) in [5.74, 6) is 1.29. The molecule has 1 atom stereocenters. The van der Waals surface area contributed by atoms with Gasteiger partial charge in [0.15, 0.2) is 10.8 Å². The molecule has 0 aliphatic carbocycles. The summed E-state index contributed by atoms with van der Waals surface area (Å²) in [7, 11) is -2.39.